The standard InChI is InChI=1S/C33H40N4O7S/c1-19-24(20(2)44-36-19)16-34-31(41)29-33(3,4)45-18-37(29)32(42)25(38)15-22(14-21-10-6-5-7-11-21)30(40)35-28-23-12-8-9-13-27(23)43-17-26(28)39/h5-13,22,25-26,28-29,38-39H,14-18H2,1-4H3,(H,34,41)(H,35,40)/t22-,25+,26-,28+,29-/m1/s1. The van der Waals surface area contributed by atoms with Gasteiger partial charge in [-0.1, -0.05) is 53.7 Å². The first-order valence-corrected chi connectivity index (χ1v) is 16.0. The number of nitrogens with zero attached hydrogens (tertiary/aromatic N) is 2. The number of aromatic nitrogens is 1. The first kappa shape index (κ1) is 32.5. The van der Waals surface area contributed by atoms with Gasteiger partial charge in [0.1, 0.15) is 36.4 Å². The molecule has 3 heterocycles. The lowest BCUT2D eigenvalue weighted by Gasteiger charge is -2.33. The fraction of sp³-hybridized carbons (Fsp3) is 0.455. The van der Waals surface area contributed by atoms with Crippen LogP contribution >= 0.6 is 11.8 Å². The van der Waals surface area contributed by atoms with E-state index in [1.165, 1.54) is 16.7 Å². The number of thioether (sulfide) groups is 1. The van der Waals surface area contributed by atoms with Gasteiger partial charge in [-0.3, -0.25) is 14.4 Å². The minimum Gasteiger partial charge on any atom is -0.490 e. The van der Waals surface area contributed by atoms with Crippen LogP contribution in [0.5, 0.6) is 5.75 Å². The van der Waals surface area contributed by atoms with E-state index in [0.717, 1.165) is 11.1 Å². The van der Waals surface area contributed by atoms with Crippen LogP contribution in [0, 0.1) is 19.8 Å². The molecule has 2 aliphatic rings. The molecule has 0 radical (unpaired) electrons. The number of amides is 3. The Balaban J connectivity index is 1.32. The molecule has 0 aliphatic carbocycles. The topological polar surface area (TPSA) is 154 Å². The van der Waals surface area contributed by atoms with E-state index >= 15 is 0 Å². The Hall–Kier alpha value is -3.87. The van der Waals surface area contributed by atoms with Gasteiger partial charge in [0.05, 0.1) is 17.6 Å². The molecular formula is C33H40N4O7S. The number of carbonyl (C=O) groups is 3. The summed E-state index contributed by atoms with van der Waals surface area (Å²) in [5, 5.41) is 31.8. The summed E-state index contributed by atoms with van der Waals surface area (Å²) in [5.74, 6) is -0.775. The highest BCUT2D eigenvalue weighted by atomic mass is 32.2. The van der Waals surface area contributed by atoms with E-state index in [4.69, 9.17) is 9.26 Å². The predicted molar refractivity (Wildman–Crippen MR) is 168 cm³/mol. The number of ether oxygens (including phenoxy) is 1. The molecule has 240 valence electrons. The SMILES string of the molecule is Cc1noc(C)c1CNC(=O)[C@H]1N(C(=O)[C@@H](O)C[C@@H](Cc2ccccc2)C(=O)N[C@H]2c3ccccc3OC[C@H]2O)CSC1(C)C. The summed E-state index contributed by atoms with van der Waals surface area (Å²) < 4.78 is 10.2. The number of aryl methyl sites for hydroxylation is 2. The van der Waals surface area contributed by atoms with Gasteiger partial charge in [0.25, 0.3) is 5.91 Å². The number of fused-ring (bicyclic) bond motifs is 1. The normalized spacial score (nSPS) is 21.7. The van der Waals surface area contributed by atoms with Crippen LogP contribution in [0.1, 0.15) is 54.5 Å². The van der Waals surface area contributed by atoms with E-state index in [1.807, 2.05) is 50.2 Å². The summed E-state index contributed by atoms with van der Waals surface area (Å²) in [7, 11) is 0. The Bertz CT molecular complexity index is 1510. The molecule has 1 fully saturated rings. The van der Waals surface area contributed by atoms with Gasteiger partial charge in [-0.25, -0.2) is 0 Å². The Morgan fingerprint density at radius 1 is 1.11 bits per heavy atom. The molecule has 0 unspecified atom stereocenters. The number of para-hydroxylation sites is 1. The number of rotatable bonds is 10. The number of aliphatic hydroxyl groups is 2. The van der Waals surface area contributed by atoms with Crippen LogP contribution in [0.4, 0.5) is 0 Å². The molecule has 0 saturated carbocycles. The minimum absolute atomic E-state index is 0.0224. The van der Waals surface area contributed by atoms with E-state index in [9.17, 15) is 24.6 Å². The van der Waals surface area contributed by atoms with Crippen molar-refractivity contribution in [3.05, 3.63) is 82.7 Å². The highest BCUT2D eigenvalue weighted by Gasteiger charge is 2.49. The molecule has 2 aliphatic heterocycles. The summed E-state index contributed by atoms with van der Waals surface area (Å²) in [6.07, 6.45) is -2.42. The predicted octanol–water partition coefficient (Wildman–Crippen LogP) is 2.81. The van der Waals surface area contributed by atoms with E-state index in [2.05, 4.69) is 15.8 Å². The van der Waals surface area contributed by atoms with Crippen molar-refractivity contribution in [1.82, 2.24) is 20.7 Å². The number of benzene rings is 2. The number of carbonyl (C=O) groups excluding carboxylic acids is 3. The van der Waals surface area contributed by atoms with Crippen LogP contribution < -0.4 is 15.4 Å². The van der Waals surface area contributed by atoms with Gasteiger partial charge in [0.15, 0.2) is 0 Å². The van der Waals surface area contributed by atoms with Gasteiger partial charge >= 0.3 is 0 Å². The van der Waals surface area contributed by atoms with E-state index in [-0.39, 0.29) is 37.8 Å². The van der Waals surface area contributed by atoms with Crippen LogP contribution in [0.25, 0.3) is 0 Å². The highest BCUT2D eigenvalue weighted by molar-refractivity contribution is 8.00. The third-order valence-corrected chi connectivity index (χ3v) is 9.91. The molecule has 3 amide bonds. The lowest BCUT2D eigenvalue weighted by Crippen LogP contribution is -2.55. The zero-order valence-electron chi connectivity index (χ0n) is 25.9. The molecule has 0 spiro atoms. The second kappa shape index (κ2) is 13.6. The molecule has 0 bridgehead atoms. The van der Waals surface area contributed by atoms with Crippen LogP contribution in [0.3, 0.4) is 0 Å². The zero-order valence-corrected chi connectivity index (χ0v) is 26.7. The largest absolute Gasteiger partial charge is 0.490 e. The molecule has 1 aromatic heterocycles. The molecule has 5 rings (SSSR count). The maximum atomic E-state index is 13.8. The first-order valence-electron chi connectivity index (χ1n) is 15.0. The number of nitrogens with one attached hydrogen (secondary N) is 2. The average molecular weight is 637 g/mol. The van der Waals surface area contributed by atoms with Crippen molar-refractivity contribution in [2.45, 2.75) is 76.1 Å². The molecule has 11 nitrogen and oxygen atoms in total. The van der Waals surface area contributed by atoms with Crippen molar-refractivity contribution < 1.29 is 33.9 Å². The van der Waals surface area contributed by atoms with E-state index < -0.39 is 46.8 Å². The zero-order chi connectivity index (χ0) is 32.3. The molecule has 1 saturated heterocycles. The summed E-state index contributed by atoms with van der Waals surface area (Å²) in [4.78, 5) is 42.5. The van der Waals surface area contributed by atoms with E-state index in [1.54, 1.807) is 32.0 Å². The molecule has 5 atom stereocenters. The fourth-order valence-corrected chi connectivity index (χ4v) is 7.12. The van der Waals surface area contributed by atoms with Gasteiger partial charge in [0.2, 0.25) is 11.8 Å². The van der Waals surface area contributed by atoms with Crippen molar-refractivity contribution in [2.24, 2.45) is 5.92 Å². The van der Waals surface area contributed by atoms with Crippen molar-refractivity contribution in [2.75, 3.05) is 12.5 Å². The maximum Gasteiger partial charge on any atom is 0.252 e. The number of hydrogen-bond acceptors (Lipinski definition) is 9. The molecule has 45 heavy (non-hydrogen) atoms. The quantitative estimate of drug-likeness (QED) is 0.263. The van der Waals surface area contributed by atoms with Gasteiger partial charge < -0.3 is 35.0 Å². The first-order chi connectivity index (χ1) is 21.5. The van der Waals surface area contributed by atoms with Gasteiger partial charge in [0, 0.05) is 28.3 Å². The lowest BCUT2D eigenvalue weighted by atomic mass is 9.90. The smallest absolute Gasteiger partial charge is 0.252 e. The van der Waals surface area contributed by atoms with Gasteiger partial charge in [-0.2, -0.15) is 0 Å². The third-order valence-electron chi connectivity index (χ3n) is 8.53. The Morgan fingerprint density at radius 3 is 2.53 bits per heavy atom. The monoisotopic (exact) mass is 636 g/mol. The van der Waals surface area contributed by atoms with Gasteiger partial charge in [-0.05, 0) is 52.2 Å². The van der Waals surface area contributed by atoms with Crippen LogP contribution in [0.2, 0.25) is 0 Å². The second-order valence-electron chi connectivity index (χ2n) is 12.1. The summed E-state index contributed by atoms with van der Waals surface area (Å²) in [6, 6.07) is 15.0. The average Bonchev–Trinajstić information content (AvgIpc) is 3.52. The Labute approximate surface area is 266 Å². The maximum absolute atomic E-state index is 13.8. The second-order valence-corrected chi connectivity index (χ2v) is 13.7. The van der Waals surface area contributed by atoms with Crippen LogP contribution in [-0.2, 0) is 27.3 Å². The van der Waals surface area contributed by atoms with E-state index in [0.29, 0.717) is 22.8 Å². The third kappa shape index (κ3) is 7.18. The molecule has 3 aromatic rings. The molecule has 2 aromatic carbocycles. The number of hydrogen-bond donors (Lipinski definition) is 4. The molecule has 4 N–H and O–H groups in total. The van der Waals surface area contributed by atoms with Crippen molar-refractivity contribution in [3.63, 3.8) is 0 Å². The summed E-state index contributed by atoms with van der Waals surface area (Å²) >= 11 is 1.45. The molecular weight excluding hydrogens is 596 g/mol. The van der Waals surface area contributed by atoms with Crippen molar-refractivity contribution in [3.8, 4) is 5.75 Å². The fourth-order valence-electron chi connectivity index (χ4n) is 5.98. The van der Waals surface area contributed by atoms with Gasteiger partial charge in [-0.15, -0.1) is 11.8 Å². The van der Waals surface area contributed by atoms with Crippen molar-refractivity contribution >= 4 is 29.5 Å². The van der Waals surface area contributed by atoms with Crippen molar-refractivity contribution in [1.29, 1.82) is 0 Å². The number of aliphatic hydroxyl groups excluding tert-OH is 2. The minimum atomic E-state index is -1.54. The molecule has 12 heteroatoms. The lowest BCUT2D eigenvalue weighted by molar-refractivity contribution is -0.147. The Kier molecular flexibility index (Phi) is 9.85. The highest BCUT2D eigenvalue weighted by Crippen LogP contribution is 2.40. The Morgan fingerprint density at radius 2 is 1.82 bits per heavy atom. The summed E-state index contributed by atoms with van der Waals surface area (Å²) in [5.41, 5.74) is 2.97. The summed E-state index contributed by atoms with van der Waals surface area (Å²) in [6.45, 7) is 7.56. The van der Waals surface area contributed by atoms with Crippen LogP contribution in [-0.4, -0.2) is 73.5 Å². The van der Waals surface area contributed by atoms with Crippen LogP contribution in [0.15, 0.2) is 59.1 Å².